The number of nitrogens with zero attached hydrogens (tertiary/aromatic N) is 5. The number of likely N-dealkylation sites (N-methyl/N-ethyl adjacent to an activating group) is 1. The van der Waals surface area contributed by atoms with Crippen LogP contribution in [0.2, 0.25) is 0 Å². The Morgan fingerprint density at radius 3 is 2.62 bits per heavy atom. The molecule has 0 radical (unpaired) electrons. The summed E-state index contributed by atoms with van der Waals surface area (Å²) >= 11 is 0. The van der Waals surface area contributed by atoms with Gasteiger partial charge in [-0.3, -0.25) is 14.6 Å². The van der Waals surface area contributed by atoms with Crippen molar-refractivity contribution in [2.45, 2.75) is 25.9 Å². The summed E-state index contributed by atoms with van der Waals surface area (Å²) in [5.74, 6) is 0.302. The van der Waals surface area contributed by atoms with E-state index in [0.29, 0.717) is 13.0 Å². The molecular weight excluding hydrogens is 390 g/mol. The van der Waals surface area contributed by atoms with Crippen molar-refractivity contribution in [3.8, 4) is 0 Å². The second-order valence-corrected chi connectivity index (χ2v) is 10.4. The minimum atomic E-state index is -2.98. The van der Waals surface area contributed by atoms with E-state index in [1.54, 1.807) is 11.9 Å². The quantitative estimate of drug-likeness (QED) is 0.698. The van der Waals surface area contributed by atoms with Gasteiger partial charge in [0.05, 0.1) is 29.4 Å². The van der Waals surface area contributed by atoms with Gasteiger partial charge in [-0.25, -0.2) is 13.4 Å². The van der Waals surface area contributed by atoms with Crippen molar-refractivity contribution in [3.05, 3.63) is 35.8 Å². The van der Waals surface area contributed by atoms with E-state index in [2.05, 4.69) is 32.3 Å². The van der Waals surface area contributed by atoms with Gasteiger partial charge in [0, 0.05) is 52.0 Å². The van der Waals surface area contributed by atoms with E-state index in [1.165, 1.54) is 5.69 Å². The van der Waals surface area contributed by atoms with E-state index in [9.17, 15) is 13.2 Å². The Bertz CT molecular complexity index is 995. The molecule has 2 saturated heterocycles. The average molecular weight is 420 g/mol. The van der Waals surface area contributed by atoms with Crippen LogP contribution in [0.15, 0.2) is 24.4 Å². The zero-order valence-corrected chi connectivity index (χ0v) is 17.9. The van der Waals surface area contributed by atoms with Gasteiger partial charge in [-0.05, 0) is 25.5 Å². The van der Waals surface area contributed by atoms with Crippen molar-refractivity contribution in [1.82, 2.24) is 24.1 Å². The molecule has 1 unspecified atom stereocenters. The molecule has 29 heavy (non-hydrogen) atoms. The maximum atomic E-state index is 12.6. The number of sulfone groups is 1. The van der Waals surface area contributed by atoms with Crippen LogP contribution in [0.4, 0.5) is 0 Å². The van der Waals surface area contributed by atoms with Crippen LogP contribution in [0.3, 0.4) is 0 Å². The molecule has 0 saturated carbocycles. The molecular formula is C20H29N5O3S. The normalized spacial score (nSPS) is 22.9. The van der Waals surface area contributed by atoms with E-state index in [-0.39, 0.29) is 23.5 Å². The molecule has 4 rings (SSSR count). The Labute approximate surface area is 172 Å². The summed E-state index contributed by atoms with van der Waals surface area (Å²) in [6.45, 7) is 6.71. The first-order valence-electron chi connectivity index (χ1n) is 10.2. The van der Waals surface area contributed by atoms with Crippen molar-refractivity contribution in [2.24, 2.45) is 0 Å². The third-order valence-electron chi connectivity index (χ3n) is 6.18. The number of hydrogen-bond acceptors (Lipinski definition) is 6. The van der Waals surface area contributed by atoms with Gasteiger partial charge >= 0.3 is 0 Å². The topological polar surface area (TPSA) is 78.2 Å². The second kappa shape index (κ2) is 8.04. The van der Waals surface area contributed by atoms with E-state index >= 15 is 0 Å². The number of rotatable bonds is 5. The standard InChI is InChI=1S/C20H29N5O3S/c1-16-18(25-7-4-3-5-19(25)21-16)13-23-8-10-24(11-9-23)14-20(26)22(2)17-6-12-29(27,28)15-17/h3-5,7,17H,6,8-15H2,1-2H3. The molecule has 0 N–H and O–H groups in total. The predicted molar refractivity (Wildman–Crippen MR) is 111 cm³/mol. The number of carbonyl (C=O) groups is 1. The Morgan fingerprint density at radius 2 is 1.93 bits per heavy atom. The summed E-state index contributed by atoms with van der Waals surface area (Å²) in [6.07, 6.45) is 2.61. The Hall–Kier alpha value is -1.97. The van der Waals surface area contributed by atoms with Crippen LogP contribution < -0.4 is 0 Å². The molecule has 0 bridgehead atoms. The van der Waals surface area contributed by atoms with Crippen molar-refractivity contribution in [2.75, 3.05) is 51.3 Å². The average Bonchev–Trinajstić information content (AvgIpc) is 3.21. The van der Waals surface area contributed by atoms with E-state index in [4.69, 9.17) is 0 Å². The lowest BCUT2D eigenvalue weighted by molar-refractivity contribution is -0.133. The van der Waals surface area contributed by atoms with Crippen LogP contribution in [-0.4, -0.2) is 95.7 Å². The largest absolute Gasteiger partial charge is 0.341 e. The molecule has 2 fully saturated rings. The molecule has 158 valence electrons. The van der Waals surface area contributed by atoms with Crippen LogP contribution in [0, 0.1) is 6.92 Å². The van der Waals surface area contributed by atoms with Crippen molar-refractivity contribution in [3.63, 3.8) is 0 Å². The first kappa shape index (κ1) is 20.3. The summed E-state index contributed by atoms with van der Waals surface area (Å²) in [5, 5.41) is 0. The first-order valence-corrected chi connectivity index (χ1v) is 12.0. The smallest absolute Gasteiger partial charge is 0.236 e. The summed E-state index contributed by atoms with van der Waals surface area (Å²) in [6, 6.07) is 5.87. The molecule has 0 aliphatic carbocycles. The molecule has 0 aromatic carbocycles. The van der Waals surface area contributed by atoms with Gasteiger partial charge in [-0.2, -0.15) is 0 Å². The molecule has 1 atom stereocenters. The molecule has 2 aliphatic heterocycles. The van der Waals surface area contributed by atoms with Crippen LogP contribution in [-0.2, 0) is 21.2 Å². The van der Waals surface area contributed by atoms with E-state index in [1.807, 2.05) is 18.2 Å². The highest BCUT2D eigenvalue weighted by Crippen LogP contribution is 2.18. The third-order valence-corrected chi connectivity index (χ3v) is 7.93. The number of imidazole rings is 1. The van der Waals surface area contributed by atoms with Gasteiger partial charge in [0.15, 0.2) is 9.84 Å². The van der Waals surface area contributed by atoms with Gasteiger partial charge in [0.2, 0.25) is 5.91 Å². The van der Waals surface area contributed by atoms with Crippen molar-refractivity contribution >= 4 is 21.4 Å². The highest BCUT2D eigenvalue weighted by Gasteiger charge is 2.33. The number of carbonyl (C=O) groups excluding carboxylic acids is 1. The van der Waals surface area contributed by atoms with Crippen LogP contribution in [0.25, 0.3) is 5.65 Å². The Kier molecular flexibility index (Phi) is 5.63. The van der Waals surface area contributed by atoms with E-state index in [0.717, 1.165) is 44.1 Å². The molecule has 0 spiro atoms. The fourth-order valence-corrected chi connectivity index (χ4v) is 6.03. The first-order chi connectivity index (χ1) is 13.8. The number of aryl methyl sites for hydroxylation is 1. The lowest BCUT2D eigenvalue weighted by Crippen LogP contribution is -2.50. The summed E-state index contributed by atoms with van der Waals surface area (Å²) < 4.78 is 25.5. The maximum absolute atomic E-state index is 12.6. The highest BCUT2D eigenvalue weighted by molar-refractivity contribution is 7.91. The Morgan fingerprint density at radius 1 is 1.21 bits per heavy atom. The molecule has 8 nitrogen and oxygen atoms in total. The number of hydrogen-bond donors (Lipinski definition) is 0. The minimum Gasteiger partial charge on any atom is -0.341 e. The van der Waals surface area contributed by atoms with E-state index < -0.39 is 9.84 Å². The molecule has 9 heteroatoms. The maximum Gasteiger partial charge on any atom is 0.236 e. The van der Waals surface area contributed by atoms with Crippen molar-refractivity contribution < 1.29 is 13.2 Å². The number of amides is 1. The number of fused-ring (bicyclic) bond motifs is 1. The van der Waals surface area contributed by atoms with Gasteiger partial charge in [0.25, 0.3) is 0 Å². The van der Waals surface area contributed by atoms with Crippen molar-refractivity contribution in [1.29, 1.82) is 0 Å². The van der Waals surface area contributed by atoms with Gasteiger partial charge < -0.3 is 9.30 Å². The SMILES string of the molecule is Cc1nc2ccccn2c1CN1CCN(CC(=O)N(C)C2CCS(=O)(=O)C2)CC1. The minimum absolute atomic E-state index is 0.0122. The van der Waals surface area contributed by atoms with Gasteiger partial charge in [0.1, 0.15) is 5.65 Å². The lowest BCUT2D eigenvalue weighted by atomic mass is 10.2. The summed E-state index contributed by atoms with van der Waals surface area (Å²) in [5.41, 5.74) is 3.25. The van der Waals surface area contributed by atoms with Gasteiger partial charge in [-0.1, -0.05) is 6.07 Å². The van der Waals surface area contributed by atoms with Crippen LogP contribution in [0.5, 0.6) is 0 Å². The van der Waals surface area contributed by atoms with Crippen LogP contribution in [0.1, 0.15) is 17.8 Å². The monoisotopic (exact) mass is 419 g/mol. The number of piperazine rings is 1. The molecule has 2 aromatic heterocycles. The predicted octanol–water partition coefficient (Wildman–Crippen LogP) is 0.406. The van der Waals surface area contributed by atoms with Gasteiger partial charge in [-0.15, -0.1) is 0 Å². The molecule has 4 heterocycles. The lowest BCUT2D eigenvalue weighted by Gasteiger charge is -2.35. The summed E-state index contributed by atoms with van der Waals surface area (Å²) in [4.78, 5) is 23.4. The zero-order chi connectivity index (χ0) is 20.6. The fraction of sp³-hybridized carbons (Fsp3) is 0.600. The zero-order valence-electron chi connectivity index (χ0n) is 17.1. The highest BCUT2D eigenvalue weighted by atomic mass is 32.2. The fourth-order valence-electron chi connectivity index (χ4n) is 4.26. The number of pyridine rings is 1. The molecule has 1 amide bonds. The Balaban J connectivity index is 1.29. The third kappa shape index (κ3) is 4.46. The summed E-state index contributed by atoms with van der Waals surface area (Å²) in [7, 11) is -1.25. The van der Waals surface area contributed by atoms with Crippen LogP contribution >= 0.6 is 0 Å². The number of aromatic nitrogens is 2. The second-order valence-electron chi connectivity index (χ2n) is 8.19. The molecule has 2 aliphatic rings. The molecule has 2 aromatic rings.